The number of benzene rings is 2. The molecule has 4 N–H and O–H groups in total. The van der Waals surface area contributed by atoms with Gasteiger partial charge in [0.2, 0.25) is 10.0 Å². The van der Waals surface area contributed by atoms with E-state index in [-0.39, 0.29) is 35.0 Å². The summed E-state index contributed by atoms with van der Waals surface area (Å²) in [5.74, 6) is 1.41. The number of ether oxygens (including phenoxy) is 1. The van der Waals surface area contributed by atoms with E-state index in [1.54, 1.807) is 31.3 Å². The summed E-state index contributed by atoms with van der Waals surface area (Å²) in [4.78, 5) is 4.29. The van der Waals surface area contributed by atoms with Gasteiger partial charge in [0.05, 0.1) is 11.4 Å². The van der Waals surface area contributed by atoms with E-state index in [9.17, 15) is 8.42 Å². The van der Waals surface area contributed by atoms with Crippen LogP contribution in [-0.4, -0.2) is 40.6 Å². The van der Waals surface area contributed by atoms with Gasteiger partial charge in [-0.3, -0.25) is 4.99 Å². The zero-order chi connectivity index (χ0) is 20.6. The van der Waals surface area contributed by atoms with Crippen molar-refractivity contribution in [2.45, 2.75) is 24.3 Å². The molecule has 0 saturated heterocycles. The Hall–Kier alpha value is -1.56. The Morgan fingerprint density at radius 1 is 1.14 bits per heavy atom. The summed E-state index contributed by atoms with van der Waals surface area (Å²) in [6, 6.07) is 13.7. The third-order valence-electron chi connectivity index (χ3n) is 3.89. The lowest BCUT2D eigenvalue weighted by Crippen LogP contribution is -2.42. The molecule has 0 saturated carbocycles. The fourth-order valence-corrected chi connectivity index (χ4v) is 3.06. The molecule has 2 aromatic carbocycles. The lowest BCUT2D eigenvalue weighted by Gasteiger charge is -2.18. The molecule has 7 nitrogen and oxygen atoms in total. The van der Waals surface area contributed by atoms with Crippen LogP contribution >= 0.6 is 35.6 Å². The van der Waals surface area contributed by atoms with Crippen molar-refractivity contribution in [1.29, 1.82) is 0 Å². The van der Waals surface area contributed by atoms with Gasteiger partial charge in [0.15, 0.2) is 5.96 Å². The summed E-state index contributed by atoms with van der Waals surface area (Å²) >= 11 is 5.87. The van der Waals surface area contributed by atoms with Crippen LogP contribution in [0.3, 0.4) is 0 Å². The minimum Gasteiger partial charge on any atom is -0.489 e. The summed E-state index contributed by atoms with van der Waals surface area (Å²) in [5.41, 5.74) is 0.995. The Bertz CT molecular complexity index is 891. The number of hydrogen-bond acceptors (Lipinski definition) is 4. The molecule has 0 aliphatic heterocycles. The van der Waals surface area contributed by atoms with E-state index >= 15 is 0 Å². The zero-order valence-corrected chi connectivity index (χ0v) is 20.2. The number of halogens is 2. The van der Waals surface area contributed by atoms with Gasteiger partial charge in [0, 0.05) is 18.6 Å². The van der Waals surface area contributed by atoms with Crippen LogP contribution < -0.4 is 20.5 Å². The second-order valence-electron chi connectivity index (χ2n) is 6.20. The Labute approximate surface area is 194 Å². The number of aliphatic imine (C=N–C) groups is 1. The van der Waals surface area contributed by atoms with Gasteiger partial charge in [-0.1, -0.05) is 23.7 Å². The number of nitrogens with one attached hydrogen (secondary N) is 2. The van der Waals surface area contributed by atoms with Gasteiger partial charge in [0.1, 0.15) is 11.9 Å². The maximum atomic E-state index is 11.3. The van der Waals surface area contributed by atoms with E-state index in [1.165, 1.54) is 12.1 Å². The van der Waals surface area contributed by atoms with Crippen molar-refractivity contribution in [3.05, 3.63) is 59.1 Å². The molecule has 29 heavy (non-hydrogen) atoms. The molecule has 1 unspecified atom stereocenters. The van der Waals surface area contributed by atoms with Crippen molar-refractivity contribution >= 4 is 51.6 Å². The quantitative estimate of drug-likeness (QED) is 0.265. The molecular formula is C19H26ClIN4O3S. The molecule has 0 aliphatic carbocycles. The largest absolute Gasteiger partial charge is 0.489 e. The number of guanidine groups is 1. The molecule has 0 heterocycles. The Morgan fingerprint density at radius 2 is 1.76 bits per heavy atom. The first kappa shape index (κ1) is 25.5. The Kier molecular flexibility index (Phi) is 10.7. The van der Waals surface area contributed by atoms with Crippen LogP contribution in [0, 0.1) is 0 Å². The summed E-state index contributed by atoms with van der Waals surface area (Å²) < 4.78 is 28.4. The third-order valence-corrected chi connectivity index (χ3v) is 5.07. The highest BCUT2D eigenvalue weighted by Gasteiger charge is 2.08. The topological polar surface area (TPSA) is 106 Å². The van der Waals surface area contributed by atoms with Crippen molar-refractivity contribution in [2.75, 3.05) is 20.1 Å². The molecule has 0 amide bonds. The van der Waals surface area contributed by atoms with Crippen LogP contribution in [0.1, 0.15) is 12.5 Å². The monoisotopic (exact) mass is 552 g/mol. The van der Waals surface area contributed by atoms with E-state index in [0.717, 1.165) is 11.3 Å². The van der Waals surface area contributed by atoms with Gasteiger partial charge in [0.25, 0.3) is 0 Å². The molecule has 0 spiro atoms. The normalized spacial score (nSPS) is 12.6. The van der Waals surface area contributed by atoms with E-state index in [4.69, 9.17) is 21.5 Å². The predicted molar refractivity (Wildman–Crippen MR) is 128 cm³/mol. The molecule has 1 atom stereocenters. The number of nitrogens with zero attached hydrogens (tertiary/aromatic N) is 1. The average Bonchev–Trinajstić information content (AvgIpc) is 2.66. The van der Waals surface area contributed by atoms with Crippen LogP contribution in [0.15, 0.2) is 58.4 Å². The van der Waals surface area contributed by atoms with E-state index in [0.29, 0.717) is 30.5 Å². The minimum atomic E-state index is -3.66. The predicted octanol–water partition coefficient (Wildman–Crippen LogP) is 2.78. The molecule has 0 aliphatic rings. The SMILES string of the molecule is CN=C(NCCc1ccc(S(N)(=O)=O)cc1)NCC(C)Oc1ccc(Cl)cc1.I. The average molecular weight is 553 g/mol. The molecule has 0 fully saturated rings. The Balaban J connectivity index is 0.00000420. The number of hydrogen-bond donors (Lipinski definition) is 3. The second-order valence-corrected chi connectivity index (χ2v) is 8.20. The van der Waals surface area contributed by atoms with Crippen LogP contribution in [0.5, 0.6) is 5.75 Å². The van der Waals surface area contributed by atoms with Crippen molar-refractivity contribution in [1.82, 2.24) is 10.6 Å². The highest BCUT2D eigenvalue weighted by atomic mass is 127. The van der Waals surface area contributed by atoms with Gasteiger partial charge < -0.3 is 15.4 Å². The number of rotatable bonds is 8. The summed E-state index contributed by atoms with van der Waals surface area (Å²) in [6.45, 7) is 3.17. The lowest BCUT2D eigenvalue weighted by molar-refractivity contribution is 0.224. The molecule has 0 aromatic heterocycles. The van der Waals surface area contributed by atoms with E-state index in [1.807, 2.05) is 19.1 Å². The van der Waals surface area contributed by atoms with Crippen molar-refractivity contribution in [3.8, 4) is 5.75 Å². The number of sulfonamides is 1. The van der Waals surface area contributed by atoms with Crippen LogP contribution in [0.25, 0.3) is 0 Å². The molecular weight excluding hydrogens is 527 g/mol. The van der Waals surface area contributed by atoms with Crippen molar-refractivity contribution in [2.24, 2.45) is 10.1 Å². The van der Waals surface area contributed by atoms with E-state index < -0.39 is 10.0 Å². The first-order valence-corrected chi connectivity index (χ1v) is 10.7. The van der Waals surface area contributed by atoms with Gasteiger partial charge in [-0.2, -0.15) is 0 Å². The number of nitrogens with two attached hydrogens (primary N) is 1. The molecule has 2 aromatic rings. The zero-order valence-electron chi connectivity index (χ0n) is 16.3. The molecule has 2 rings (SSSR count). The maximum absolute atomic E-state index is 11.3. The standard InChI is InChI=1S/C19H25ClN4O3S.HI/c1-14(27-17-7-5-16(20)6-8-17)13-24-19(22-2)23-12-11-15-3-9-18(10-4-15)28(21,25)26;/h3-10,14H,11-13H2,1-2H3,(H2,21,25,26)(H2,22,23,24);1H. The van der Waals surface area contributed by atoms with Crippen LogP contribution in [0.2, 0.25) is 5.02 Å². The molecule has 0 radical (unpaired) electrons. The van der Waals surface area contributed by atoms with Crippen molar-refractivity contribution < 1.29 is 13.2 Å². The minimum absolute atomic E-state index is 0. The van der Waals surface area contributed by atoms with Gasteiger partial charge in [-0.05, 0) is 55.3 Å². The first-order chi connectivity index (χ1) is 13.3. The molecule has 0 bridgehead atoms. The van der Waals surface area contributed by atoms with Crippen LogP contribution in [0.4, 0.5) is 0 Å². The molecule has 10 heteroatoms. The first-order valence-electron chi connectivity index (χ1n) is 8.76. The lowest BCUT2D eigenvalue weighted by atomic mass is 10.1. The summed E-state index contributed by atoms with van der Waals surface area (Å²) in [7, 11) is -1.97. The summed E-state index contributed by atoms with van der Waals surface area (Å²) in [6.07, 6.45) is 0.646. The highest BCUT2D eigenvalue weighted by Crippen LogP contribution is 2.16. The third kappa shape index (κ3) is 9.20. The summed E-state index contributed by atoms with van der Waals surface area (Å²) in [5, 5.41) is 12.2. The maximum Gasteiger partial charge on any atom is 0.238 e. The van der Waals surface area contributed by atoms with Crippen LogP contribution in [-0.2, 0) is 16.4 Å². The Morgan fingerprint density at radius 3 is 2.31 bits per heavy atom. The smallest absolute Gasteiger partial charge is 0.238 e. The van der Waals surface area contributed by atoms with Gasteiger partial charge in [-0.15, -0.1) is 24.0 Å². The second kappa shape index (κ2) is 12.2. The highest BCUT2D eigenvalue weighted by molar-refractivity contribution is 14.0. The fraction of sp³-hybridized carbons (Fsp3) is 0.316. The molecule has 160 valence electrons. The van der Waals surface area contributed by atoms with Gasteiger partial charge >= 0.3 is 0 Å². The fourth-order valence-electron chi connectivity index (χ4n) is 2.42. The number of primary sulfonamides is 1. The van der Waals surface area contributed by atoms with Crippen molar-refractivity contribution in [3.63, 3.8) is 0 Å². The van der Waals surface area contributed by atoms with E-state index in [2.05, 4.69) is 15.6 Å². The van der Waals surface area contributed by atoms with Gasteiger partial charge in [-0.25, -0.2) is 13.6 Å².